The fourth-order valence-electron chi connectivity index (χ4n) is 1.72. The van der Waals surface area contributed by atoms with Crippen molar-refractivity contribution in [1.82, 2.24) is 0 Å². The van der Waals surface area contributed by atoms with E-state index < -0.39 is 16.1 Å². The first kappa shape index (κ1) is 14.9. The number of primary amides is 1. The van der Waals surface area contributed by atoms with E-state index in [4.69, 9.17) is 9.92 Å². The van der Waals surface area contributed by atoms with Gasteiger partial charge in [-0.1, -0.05) is 42.5 Å². The summed E-state index contributed by atoms with van der Waals surface area (Å²) in [5, 5.41) is 2.31. The molecule has 0 aromatic heterocycles. The second kappa shape index (κ2) is 6.27. The zero-order valence-corrected chi connectivity index (χ0v) is 11.8. The molecule has 2 rings (SSSR count). The Kier molecular flexibility index (Phi) is 4.44. The maximum Gasteiger partial charge on any atom is 0.316 e. The number of urea groups is 1. The number of nitrogens with two attached hydrogens (primary N) is 1. The van der Waals surface area contributed by atoms with Crippen molar-refractivity contribution in [2.75, 3.05) is 5.32 Å². The molecule has 7 heteroatoms. The summed E-state index contributed by atoms with van der Waals surface area (Å²) in [5.41, 5.74) is 5.83. The zero-order chi connectivity index (χ0) is 15.3. The number of anilines is 1. The van der Waals surface area contributed by atoms with Crippen LogP contribution in [0.15, 0.2) is 54.6 Å². The lowest BCUT2D eigenvalue weighted by Gasteiger charge is -2.11. The van der Waals surface area contributed by atoms with Gasteiger partial charge in [0.05, 0.1) is 5.69 Å². The zero-order valence-electron chi connectivity index (χ0n) is 11.0. The quantitative estimate of drug-likeness (QED) is 0.826. The van der Waals surface area contributed by atoms with Crippen molar-refractivity contribution in [3.63, 3.8) is 0 Å². The Morgan fingerprint density at radius 2 is 1.67 bits per heavy atom. The van der Waals surface area contributed by atoms with Gasteiger partial charge in [-0.2, -0.15) is 8.42 Å². The fourth-order valence-corrected chi connectivity index (χ4v) is 2.80. The Morgan fingerprint density at radius 1 is 1.05 bits per heavy atom. The number of carbonyl (C=O) groups is 1. The molecular formula is C14H14N2O4S. The number of para-hydroxylation sites is 2. The van der Waals surface area contributed by atoms with Crippen LogP contribution < -0.4 is 15.2 Å². The predicted octanol–water partition coefficient (Wildman–Crippen LogP) is 2.09. The van der Waals surface area contributed by atoms with Gasteiger partial charge in [-0.3, -0.25) is 0 Å². The molecule has 0 atom stereocenters. The van der Waals surface area contributed by atoms with E-state index in [0.29, 0.717) is 5.56 Å². The molecule has 0 saturated carbocycles. The van der Waals surface area contributed by atoms with Crippen molar-refractivity contribution in [2.24, 2.45) is 5.73 Å². The molecule has 0 heterocycles. The summed E-state index contributed by atoms with van der Waals surface area (Å²) in [6, 6.07) is 14.0. The summed E-state index contributed by atoms with van der Waals surface area (Å²) in [4.78, 5) is 10.9. The standard InChI is InChI=1S/C14H14N2O4S/c15-14(17)16-12-8-4-5-9-13(12)20-21(18,19)10-11-6-2-1-3-7-11/h1-9H,10H2,(H3,15,16,17). The van der Waals surface area contributed by atoms with Crippen LogP contribution in [0, 0.1) is 0 Å². The molecule has 2 aromatic rings. The molecule has 2 amide bonds. The van der Waals surface area contributed by atoms with Crippen LogP contribution in [0.2, 0.25) is 0 Å². The van der Waals surface area contributed by atoms with E-state index in [1.807, 2.05) is 0 Å². The third-order valence-electron chi connectivity index (χ3n) is 2.55. The first-order chi connectivity index (χ1) is 9.96. The molecule has 0 aliphatic heterocycles. The van der Waals surface area contributed by atoms with Gasteiger partial charge < -0.3 is 15.2 Å². The molecule has 3 N–H and O–H groups in total. The van der Waals surface area contributed by atoms with Crippen LogP contribution in [-0.4, -0.2) is 14.4 Å². The minimum Gasteiger partial charge on any atom is -0.380 e. The summed E-state index contributed by atoms with van der Waals surface area (Å²) in [6.07, 6.45) is 0. The van der Waals surface area contributed by atoms with Gasteiger partial charge in [-0.15, -0.1) is 0 Å². The van der Waals surface area contributed by atoms with Crippen LogP contribution in [0.1, 0.15) is 5.56 Å². The number of rotatable bonds is 5. The maximum absolute atomic E-state index is 12.0. The summed E-state index contributed by atoms with van der Waals surface area (Å²) in [6.45, 7) is 0. The largest absolute Gasteiger partial charge is 0.380 e. The number of amides is 2. The number of carbonyl (C=O) groups excluding carboxylic acids is 1. The highest BCUT2D eigenvalue weighted by molar-refractivity contribution is 7.86. The van der Waals surface area contributed by atoms with Crippen LogP contribution in [-0.2, 0) is 15.9 Å². The summed E-state index contributed by atoms with van der Waals surface area (Å²) in [7, 11) is -3.84. The van der Waals surface area contributed by atoms with Crippen LogP contribution >= 0.6 is 0 Å². The molecule has 0 aliphatic rings. The lowest BCUT2D eigenvalue weighted by atomic mass is 10.2. The highest BCUT2D eigenvalue weighted by Crippen LogP contribution is 2.25. The lowest BCUT2D eigenvalue weighted by Crippen LogP contribution is -2.20. The smallest absolute Gasteiger partial charge is 0.316 e. The highest BCUT2D eigenvalue weighted by Gasteiger charge is 2.16. The molecule has 0 bridgehead atoms. The first-order valence-corrected chi connectivity index (χ1v) is 7.65. The molecule has 110 valence electrons. The molecule has 0 aliphatic carbocycles. The molecule has 21 heavy (non-hydrogen) atoms. The molecule has 6 nitrogen and oxygen atoms in total. The van der Waals surface area contributed by atoms with E-state index in [1.165, 1.54) is 12.1 Å². The van der Waals surface area contributed by atoms with Crippen LogP contribution in [0.3, 0.4) is 0 Å². The van der Waals surface area contributed by atoms with E-state index in [2.05, 4.69) is 5.32 Å². The second-order valence-corrected chi connectivity index (χ2v) is 5.83. The minimum absolute atomic E-state index is 0.0206. The van der Waals surface area contributed by atoms with Crippen molar-refractivity contribution in [3.05, 3.63) is 60.2 Å². The first-order valence-electron chi connectivity index (χ1n) is 6.08. The Morgan fingerprint density at radius 3 is 2.33 bits per heavy atom. The number of benzene rings is 2. The van der Waals surface area contributed by atoms with E-state index >= 15 is 0 Å². The van der Waals surface area contributed by atoms with Crippen LogP contribution in [0.25, 0.3) is 0 Å². The van der Waals surface area contributed by atoms with Crippen molar-refractivity contribution in [3.8, 4) is 5.75 Å². The SMILES string of the molecule is NC(=O)Nc1ccccc1OS(=O)(=O)Cc1ccccc1. The normalized spacial score (nSPS) is 10.9. The molecule has 0 radical (unpaired) electrons. The van der Waals surface area contributed by atoms with E-state index in [1.54, 1.807) is 42.5 Å². The Hall–Kier alpha value is -2.54. The van der Waals surface area contributed by atoms with Gasteiger partial charge in [0.2, 0.25) is 0 Å². The van der Waals surface area contributed by atoms with Crippen molar-refractivity contribution < 1.29 is 17.4 Å². The average Bonchev–Trinajstić information content (AvgIpc) is 2.41. The molecule has 0 unspecified atom stereocenters. The van der Waals surface area contributed by atoms with E-state index in [9.17, 15) is 13.2 Å². The molecule has 2 aromatic carbocycles. The van der Waals surface area contributed by atoms with Gasteiger partial charge >= 0.3 is 16.1 Å². The van der Waals surface area contributed by atoms with E-state index in [-0.39, 0.29) is 17.2 Å². The van der Waals surface area contributed by atoms with Crippen LogP contribution in [0.4, 0.5) is 10.5 Å². The monoisotopic (exact) mass is 306 g/mol. The topological polar surface area (TPSA) is 98.5 Å². The highest BCUT2D eigenvalue weighted by atomic mass is 32.2. The van der Waals surface area contributed by atoms with Crippen molar-refractivity contribution >= 4 is 21.8 Å². The average molecular weight is 306 g/mol. The Bertz CT molecular complexity index is 730. The third kappa shape index (κ3) is 4.50. The van der Waals surface area contributed by atoms with Gasteiger partial charge in [0.25, 0.3) is 0 Å². The van der Waals surface area contributed by atoms with Gasteiger partial charge in [0, 0.05) is 0 Å². The number of hydrogen-bond donors (Lipinski definition) is 2. The third-order valence-corrected chi connectivity index (χ3v) is 3.67. The molecule has 0 spiro atoms. The molecule has 0 saturated heterocycles. The molecular weight excluding hydrogens is 292 g/mol. The lowest BCUT2D eigenvalue weighted by molar-refractivity contribution is 0.259. The van der Waals surface area contributed by atoms with Gasteiger partial charge in [-0.05, 0) is 17.7 Å². The number of hydrogen-bond acceptors (Lipinski definition) is 4. The van der Waals surface area contributed by atoms with Crippen molar-refractivity contribution in [1.29, 1.82) is 0 Å². The summed E-state index contributed by atoms with van der Waals surface area (Å²) < 4.78 is 29.1. The minimum atomic E-state index is -3.84. The Balaban J connectivity index is 2.19. The Labute approximate surface area is 122 Å². The second-order valence-electron chi connectivity index (χ2n) is 4.26. The summed E-state index contributed by atoms with van der Waals surface area (Å²) in [5.74, 6) is -0.245. The maximum atomic E-state index is 12.0. The predicted molar refractivity (Wildman–Crippen MR) is 79.3 cm³/mol. The summed E-state index contributed by atoms with van der Waals surface area (Å²) >= 11 is 0. The van der Waals surface area contributed by atoms with Gasteiger partial charge in [0.15, 0.2) is 5.75 Å². The molecule has 0 fully saturated rings. The van der Waals surface area contributed by atoms with Gasteiger partial charge in [0.1, 0.15) is 5.75 Å². The number of nitrogens with one attached hydrogen (secondary N) is 1. The van der Waals surface area contributed by atoms with Crippen molar-refractivity contribution in [2.45, 2.75) is 5.75 Å². The fraction of sp³-hybridized carbons (Fsp3) is 0.0714. The van der Waals surface area contributed by atoms with Crippen LogP contribution in [0.5, 0.6) is 5.75 Å². The van der Waals surface area contributed by atoms with Gasteiger partial charge in [-0.25, -0.2) is 4.79 Å². The van der Waals surface area contributed by atoms with E-state index in [0.717, 1.165) is 0 Å².